The second kappa shape index (κ2) is 8.68. The fourth-order valence-corrected chi connectivity index (χ4v) is 0.984. The molecule has 90 valence electrons. The Kier molecular flexibility index (Phi) is 8.33. The Morgan fingerprint density at radius 2 is 2.07 bits per heavy atom. The molecule has 0 spiro atoms. The van der Waals surface area contributed by atoms with E-state index in [-0.39, 0.29) is 11.9 Å². The summed E-state index contributed by atoms with van der Waals surface area (Å²) in [6.45, 7) is 8.08. The van der Waals surface area contributed by atoms with Gasteiger partial charge in [0.15, 0.2) is 0 Å². The normalized spacial score (nSPS) is 12.9. The van der Waals surface area contributed by atoms with E-state index in [2.05, 4.69) is 19.2 Å². The molecule has 4 heteroatoms. The highest BCUT2D eigenvalue weighted by Crippen LogP contribution is 1.98. The van der Waals surface area contributed by atoms with Crippen LogP contribution in [0.1, 0.15) is 33.6 Å². The zero-order chi connectivity index (χ0) is 11.7. The number of ether oxygens (including phenoxy) is 1. The molecule has 15 heavy (non-hydrogen) atoms. The third-order valence-electron chi connectivity index (χ3n) is 2.16. The molecule has 0 saturated carbocycles. The summed E-state index contributed by atoms with van der Waals surface area (Å²) in [7, 11) is 0. The van der Waals surface area contributed by atoms with E-state index in [1.54, 1.807) is 0 Å². The van der Waals surface area contributed by atoms with Crippen LogP contribution >= 0.6 is 0 Å². The molecule has 0 saturated heterocycles. The Labute approximate surface area is 92.6 Å². The van der Waals surface area contributed by atoms with E-state index in [0.29, 0.717) is 25.5 Å². The number of nitrogens with two attached hydrogens (primary N) is 1. The lowest BCUT2D eigenvalue weighted by atomic mass is 10.1. The summed E-state index contributed by atoms with van der Waals surface area (Å²) in [6.07, 6.45) is 1.72. The molecule has 0 aliphatic carbocycles. The average molecular weight is 216 g/mol. The van der Waals surface area contributed by atoms with Gasteiger partial charge in [-0.25, -0.2) is 0 Å². The summed E-state index contributed by atoms with van der Waals surface area (Å²) in [6, 6.07) is -0.388. The maximum absolute atomic E-state index is 11.2. The molecule has 1 unspecified atom stereocenters. The zero-order valence-electron chi connectivity index (χ0n) is 10.1. The number of hydrogen-bond donors (Lipinski definition) is 2. The van der Waals surface area contributed by atoms with Crippen molar-refractivity contribution in [3.8, 4) is 0 Å². The maximum Gasteiger partial charge on any atom is 0.236 e. The lowest BCUT2D eigenvalue weighted by Crippen LogP contribution is -2.41. The van der Waals surface area contributed by atoms with E-state index in [1.165, 1.54) is 0 Å². The minimum Gasteiger partial charge on any atom is -0.380 e. The van der Waals surface area contributed by atoms with Crippen LogP contribution in [0.4, 0.5) is 0 Å². The second-order valence-corrected chi connectivity index (χ2v) is 4.10. The van der Waals surface area contributed by atoms with Crippen LogP contribution in [0, 0.1) is 5.92 Å². The lowest BCUT2D eigenvalue weighted by Gasteiger charge is -2.10. The lowest BCUT2D eigenvalue weighted by molar-refractivity contribution is -0.122. The summed E-state index contributed by atoms with van der Waals surface area (Å²) >= 11 is 0. The van der Waals surface area contributed by atoms with E-state index in [0.717, 1.165) is 13.0 Å². The fourth-order valence-electron chi connectivity index (χ4n) is 0.984. The molecule has 0 heterocycles. The maximum atomic E-state index is 11.2. The van der Waals surface area contributed by atoms with Gasteiger partial charge in [-0.15, -0.1) is 0 Å². The van der Waals surface area contributed by atoms with Gasteiger partial charge in [-0.1, -0.05) is 20.8 Å². The number of carbonyl (C=O) groups is 1. The molecule has 1 amide bonds. The van der Waals surface area contributed by atoms with Gasteiger partial charge in [-0.3, -0.25) is 4.79 Å². The topological polar surface area (TPSA) is 64.4 Å². The first-order valence-electron chi connectivity index (χ1n) is 5.69. The van der Waals surface area contributed by atoms with Crippen molar-refractivity contribution >= 4 is 5.91 Å². The van der Waals surface area contributed by atoms with E-state index in [4.69, 9.17) is 10.5 Å². The van der Waals surface area contributed by atoms with Crippen LogP contribution in [-0.2, 0) is 9.53 Å². The van der Waals surface area contributed by atoms with Crippen molar-refractivity contribution < 1.29 is 9.53 Å². The molecule has 0 fully saturated rings. The van der Waals surface area contributed by atoms with Gasteiger partial charge in [-0.05, 0) is 18.8 Å². The first kappa shape index (κ1) is 14.4. The van der Waals surface area contributed by atoms with Crippen LogP contribution in [0.25, 0.3) is 0 Å². The first-order chi connectivity index (χ1) is 7.07. The van der Waals surface area contributed by atoms with Crippen molar-refractivity contribution in [1.82, 2.24) is 5.32 Å². The smallest absolute Gasteiger partial charge is 0.236 e. The Balaban J connectivity index is 3.27. The highest BCUT2D eigenvalue weighted by Gasteiger charge is 2.08. The molecule has 0 radical (unpaired) electrons. The van der Waals surface area contributed by atoms with Gasteiger partial charge in [-0.2, -0.15) is 0 Å². The molecule has 3 N–H and O–H groups in total. The van der Waals surface area contributed by atoms with E-state index in [1.807, 2.05) is 6.92 Å². The van der Waals surface area contributed by atoms with Crippen molar-refractivity contribution in [2.24, 2.45) is 11.7 Å². The Hall–Kier alpha value is -0.610. The van der Waals surface area contributed by atoms with Gasteiger partial charge in [0.25, 0.3) is 0 Å². The highest BCUT2D eigenvalue weighted by molar-refractivity contribution is 5.81. The first-order valence-corrected chi connectivity index (χ1v) is 5.69. The molecule has 0 rings (SSSR count). The minimum atomic E-state index is -0.388. The molecule has 0 aromatic carbocycles. The zero-order valence-corrected chi connectivity index (χ0v) is 10.1. The molecule has 0 aromatic rings. The van der Waals surface area contributed by atoms with Gasteiger partial charge in [0.2, 0.25) is 5.91 Å². The number of nitrogens with one attached hydrogen (secondary N) is 1. The quantitative estimate of drug-likeness (QED) is 0.593. The number of amides is 1. The summed E-state index contributed by atoms with van der Waals surface area (Å²) in [5.74, 6) is 0.568. The molecular formula is C11H24N2O2. The molecular weight excluding hydrogens is 192 g/mol. The Morgan fingerprint density at radius 1 is 1.40 bits per heavy atom. The van der Waals surface area contributed by atoms with Gasteiger partial charge in [0.1, 0.15) is 0 Å². The summed E-state index contributed by atoms with van der Waals surface area (Å²) in [4.78, 5) is 11.2. The standard InChI is InChI=1S/C11H24N2O2/c1-4-10(12)11(14)13-6-8-15-7-5-9(2)3/h9-10H,4-8,12H2,1-3H3,(H,13,14). The third kappa shape index (κ3) is 8.39. The van der Waals surface area contributed by atoms with Gasteiger partial charge < -0.3 is 15.8 Å². The molecule has 1 atom stereocenters. The number of carbonyl (C=O) groups excluding carboxylic acids is 1. The van der Waals surface area contributed by atoms with Crippen LogP contribution in [0.3, 0.4) is 0 Å². The Bertz CT molecular complexity index is 172. The third-order valence-corrected chi connectivity index (χ3v) is 2.16. The summed E-state index contributed by atoms with van der Waals surface area (Å²) in [5, 5.41) is 2.73. The fraction of sp³-hybridized carbons (Fsp3) is 0.909. The van der Waals surface area contributed by atoms with Gasteiger partial charge in [0.05, 0.1) is 12.6 Å². The van der Waals surface area contributed by atoms with Crippen molar-refractivity contribution in [2.75, 3.05) is 19.8 Å². The second-order valence-electron chi connectivity index (χ2n) is 4.10. The van der Waals surface area contributed by atoms with Crippen LogP contribution in [0.5, 0.6) is 0 Å². The molecule has 0 aliphatic heterocycles. The molecule has 4 nitrogen and oxygen atoms in total. The SMILES string of the molecule is CCC(N)C(=O)NCCOCCC(C)C. The largest absolute Gasteiger partial charge is 0.380 e. The van der Waals surface area contributed by atoms with Crippen LogP contribution in [-0.4, -0.2) is 31.7 Å². The van der Waals surface area contributed by atoms with E-state index in [9.17, 15) is 4.79 Å². The van der Waals surface area contributed by atoms with Gasteiger partial charge >= 0.3 is 0 Å². The van der Waals surface area contributed by atoms with E-state index < -0.39 is 0 Å². The number of hydrogen-bond acceptors (Lipinski definition) is 3. The monoisotopic (exact) mass is 216 g/mol. The Morgan fingerprint density at radius 3 is 2.60 bits per heavy atom. The highest BCUT2D eigenvalue weighted by atomic mass is 16.5. The number of rotatable bonds is 8. The molecule has 0 aromatic heterocycles. The summed E-state index contributed by atoms with van der Waals surface area (Å²) < 4.78 is 5.35. The van der Waals surface area contributed by atoms with Crippen LogP contribution in [0.2, 0.25) is 0 Å². The van der Waals surface area contributed by atoms with Crippen molar-refractivity contribution in [3.63, 3.8) is 0 Å². The molecule has 0 bridgehead atoms. The van der Waals surface area contributed by atoms with Crippen molar-refractivity contribution in [3.05, 3.63) is 0 Å². The van der Waals surface area contributed by atoms with Crippen LogP contribution < -0.4 is 11.1 Å². The van der Waals surface area contributed by atoms with Crippen molar-refractivity contribution in [1.29, 1.82) is 0 Å². The predicted molar refractivity (Wildman–Crippen MR) is 61.6 cm³/mol. The predicted octanol–water partition coefficient (Wildman–Crippen LogP) is 0.903. The molecule has 0 aliphatic rings. The average Bonchev–Trinajstić information content (AvgIpc) is 2.21. The summed E-state index contributed by atoms with van der Waals surface area (Å²) in [5.41, 5.74) is 5.54. The van der Waals surface area contributed by atoms with E-state index >= 15 is 0 Å². The van der Waals surface area contributed by atoms with Crippen molar-refractivity contribution in [2.45, 2.75) is 39.7 Å². The minimum absolute atomic E-state index is 0.0926. The van der Waals surface area contributed by atoms with Gasteiger partial charge in [0, 0.05) is 13.2 Å². The van der Waals surface area contributed by atoms with Crippen LogP contribution in [0.15, 0.2) is 0 Å².